The van der Waals surface area contributed by atoms with Gasteiger partial charge in [0.2, 0.25) is 0 Å². The summed E-state index contributed by atoms with van der Waals surface area (Å²) in [4.78, 5) is 0. The predicted molar refractivity (Wildman–Crippen MR) is 26.9 cm³/mol. The Balaban J connectivity index is -0.0000000800. The molecule has 0 aromatic carbocycles. The van der Waals surface area contributed by atoms with Crippen molar-refractivity contribution in [1.82, 2.24) is 0 Å². The van der Waals surface area contributed by atoms with E-state index in [-0.39, 0.29) is 32.8 Å². The van der Waals surface area contributed by atoms with Crippen LogP contribution in [0, 0.1) is 0 Å². The van der Waals surface area contributed by atoms with Crippen LogP contribution in [0.1, 0.15) is 6.92 Å². The van der Waals surface area contributed by atoms with Gasteiger partial charge in [-0.2, -0.15) is 8.42 Å². The molecule has 0 spiro atoms. The van der Waals surface area contributed by atoms with Gasteiger partial charge < -0.3 is 5.11 Å². The van der Waals surface area contributed by atoms with E-state index in [1.54, 1.807) is 6.92 Å². The summed E-state index contributed by atoms with van der Waals surface area (Å²) in [6, 6.07) is 0. The summed E-state index contributed by atoms with van der Waals surface area (Å²) in [6.07, 6.45) is 0. The smallest absolute Gasteiger partial charge is 0.394 e. The molecule has 3 N–H and O–H groups in total. The van der Waals surface area contributed by atoms with E-state index in [0.29, 0.717) is 0 Å². The molecule has 0 saturated heterocycles. The van der Waals surface area contributed by atoms with Crippen LogP contribution in [0.3, 0.4) is 0 Å². The summed E-state index contributed by atoms with van der Waals surface area (Å²) in [6.45, 7) is 1.93. The fraction of sp³-hybridized carbons (Fsp3) is 1.00. The van der Waals surface area contributed by atoms with Crippen LogP contribution in [0.15, 0.2) is 0 Å². The van der Waals surface area contributed by atoms with Crippen LogP contribution in [0.25, 0.3) is 0 Å². The Morgan fingerprint density at radius 3 is 1.33 bits per heavy atom. The minimum atomic E-state index is -4.67. The van der Waals surface area contributed by atoms with Crippen LogP contribution in [-0.2, 0) is 36.6 Å². The van der Waals surface area contributed by atoms with Crippen molar-refractivity contribution >= 4 is 10.4 Å². The van der Waals surface area contributed by atoms with E-state index in [9.17, 15) is 0 Å². The fourth-order valence-electron chi connectivity index (χ4n) is 0. The minimum absolute atomic E-state index is 0. The van der Waals surface area contributed by atoms with Gasteiger partial charge in [0.15, 0.2) is 0 Å². The molecule has 0 aliphatic rings. The van der Waals surface area contributed by atoms with Gasteiger partial charge in [-0.15, -0.1) is 0 Å². The summed E-state index contributed by atoms with van der Waals surface area (Å²) in [5.74, 6) is 0. The molecular formula is C2H8O5SZr. The number of aliphatic hydroxyl groups excluding tert-OH is 1. The van der Waals surface area contributed by atoms with Crippen LogP contribution in [0.4, 0.5) is 0 Å². The normalized spacial score (nSPS) is 8.44. The van der Waals surface area contributed by atoms with Crippen molar-refractivity contribution in [3.63, 3.8) is 0 Å². The zero-order valence-corrected chi connectivity index (χ0v) is 8.05. The van der Waals surface area contributed by atoms with Gasteiger partial charge in [0.1, 0.15) is 0 Å². The van der Waals surface area contributed by atoms with Gasteiger partial charge >= 0.3 is 10.4 Å². The summed E-state index contributed by atoms with van der Waals surface area (Å²) in [5, 5.41) is 7.57. The molecule has 0 aliphatic heterocycles. The molecular weight excluding hydrogens is 227 g/mol. The Morgan fingerprint density at radius 1 is 1.33 bits per heavy atom. The molecule has 0 aliphatic carbocycles. The third-order valence-electron chi connectivity index (χ3n) is 0. The molecule has 0 aromatic heterocycles. The van der Waals surface area contributed by atoms with Crippen molar-refractivity contribution in [2.75, 3.05) is 6.61 Å². The first-order chi connectivity index (χ1) is 3.41. The monoisotopic (exact) mass is 234 g/mol. The molecule has 0 heterocycles. The molecule has 56 valence electrons. The maximum absolute atomic E-state index is 8.74. The first-order valence-electron chi connectivity index (χ1n) is 1.72. The van der Waals surface area contributed by atoms with E-state index in [4.69, 9.17) is 22.6 Å². The molecule has 0 rings (SSSR count). The first-order valence-corrected chi connectivity index (χ1v) is 3.12. The number of hydrogen-bond acceptors (Lipinski definition) is 3. The molecule has 0 amide bonds. The Labute approximate surface area is 72.8 Å². The van der Waals surface area contributed by atoms with E-state index in [0.717, 1.165) is 0 Å². The number of hydrogen-bond donors (Lipinski definition) is 3. The minimum Gasteiger partial charge on any atom is -0.397 e. The van der Waals surface area contributed by atoms with Crippen LogP contribution >= 0.6 is 0 Å². The Hall–Kier alpha value is 0.713. The van der Waals surface area contributed by atoms with Gasteiger partial charge in [0.05, 0.1) is 0 Å². The summed E-state index contributed by atoms with van der Waals surface area (Å²) in [5.41, 5.74) is 0. The average Bonchev–Trinajstić information content (AvgIpc) is 1.27. The second kappa shape index (κ2) is 8.71. The average molecular weight is 235 g/mol. The van der Waals surface area contributed by atoms with Crippen molar-refractivity contribution in [2.45, 2.75) is 6.92 Å². The molecule has 0 saturated carbocycles. The Kier molecular flexibility index (Phi) is 15.8. The SMILES string of the molecule is CCO.O=S(=O)(O)O.[Zr]. The quantitative estimate of drug-likeness (QED) is 0.485. The van der Waals surface area contributed by atoms with E-state index < -0.39 is 10.4 Å². The maximum atomic E-state index is 8.74. The second-order valence-electron chi connectivity index (χ2n) is 0.764. The fourth-order valence-corrected chi connectivity index (χ4v) is 0. The largest absolute Gasteiger partial charge is 0.397 e. The third kappa shape index (κ3) is 772. The molecule has 0 aromatic rings. The van der Waals surface area contributed by atoms with Gasteiger partial charge in [-0.1, -0.05) is 0 Å². The third-order valence-corrected chi connectivity index (χ3v) is 0. The molecule has 0 bridgehead atoms. The second-order valence-corrected chi connectivity index (χ2v) is 1.66. The van der Waals surface area contributed by atoms with Crippen molar-refractivity contribution in [1.29, 1.82) is 0 Å². The molecule has 9 heavy (non-hydrogen) atoms. The Morgan fingerprint density at radius 2 is 1.33 bits per heavy atom. The van der Waals surface area contributed by atoms with Gasteiger partial charge in [-0.05, 0) is 6.92 Å². The summed E-state index contributed by atoms with van der Waals surface area (Å²) < 4.78 is 31.6. The maximum Gasteiger partial charge on any atom is 0.394 e. The molecule has 5 nitrogen and oxygen atoms in total. The van der Waals surface area contributed by atoms with Crippen molar-refractivity contribution in [3.8, 4) is 0 Å². The van der Waals surface area contributed by atoms with Crippen molar-refractivity contribution in [3.05, 3.63) is 0 Å². The van der Waals surface area contributed by atoms with Crippen molar-refractivity contribution < 1.29 is 48.8 Å². The van der Waals surface area contributed by atoms with E-state index >= 15 is 0 Å². The van der Waals surface area contributed by atoms with Crippen LogP contribution < -0.4 is 0 Å². The van der Waals surface area contributed by atoms with Gasteiger partial charge in [0, 0.05) is 32.8 Å². The van der Waals surface area contributed by atoms with E-state index in [2.05, 4.69) is 0 Å². The molecule has 0 atom stereocenters. The first kappa shape index (κ1) is 16.4. The Bertz CT molecular complexity index is 109. The van der Waals surface area contributed by atoms with Crippen LogP contribution in [0.2, 0.25) is 0 Å². The zero-order valence-electron chi connectivity index (χ0n) is 4.77. The molecule has 7 heteroatoms. The molecule has 0 unspecified atom stereocenters. The predicted octanol–water partition coefficient (Wildman–Crippen LogP) is -0.657. The van der Waals surface area contributed by atoms with Gasteiger partial charge in [-0.3, -0.25) is 9.11 Å². The van der Waals surface area contributed by atoms with E-state index in [1.165, 1.54) is 0 Å². The summed E-state index contributed by atoms with van der Waals surface area (Å²) in [7, 11) is -4.67. The van der Waals surface area contributed by atoms with Crippen LogP contribution in [0.5, 0.6) is 0 Å². The topological polar surface area (TPSA) is 94.8 Å². The molecule has 0 radical (unpaired) electrons. The summed E-state index contributed by atoms with van der Waals surface area (Å²) >= 11 is 0. The van der Waals surface area contributed by atoms with Crippen molar-refractivity contribution in [2.24, 2.45) is 0 Å². The number of rotatable bonds is 0. The van der Waals surface area contributed by atoms with Gasteiger partial charge in [-0.25, -0.2) is 0 Å². The van der Waals surface area contributed by atoms with E-state index in [1.807, 2.05) is 0 Å². The molecule has 0 fully saturated rings. The standard InChI is InChI=1S/C2H6O.H2O4S.Zr/c1-2-3;1-5(2,3)4;/h3H,2H2,1H3;(H2,1,2,3,4);. The van der Waals surface area contributed by atoms with Gasteiger partial charge in [0.25, 0.3) is 0 Å². The number of aliphatic hydroxyl groups is 1. The van der Waals surface area contributed by atoms with Crippen LogP contribution in [-0.4, -0.2) is 29.2 Å². The zero-order chi connectivity index (χ0) is 7.21.